The Balaban J connectivity index is 1.63. The number of ether oxygens (including phenoxy) is 1. The van der Waals surface area contributed by atoms with Gasteiger partial charge in [0.2, 0.25) is 5.91 Å². The molecule has 29 heavy (non-hydrogen) atoms. The number of esters is 1. The predicted octanol–water partition coefficient (Wildman–Crippen LogP) is 3.84. The summed E-state index contributed by atoms with van der Waals surface area (Å²) in [7, 11) is 1.27. The second kappa shape index (κ2) is 7.87. The molecule has 0 radical (unpaired) electrons. The number of carbonyl (C=O) groups excluding carboxylic acids is 2. The van der Waals surface area contributed by atoms with Crippen LogP contribution in [-0.4, -0.2) is 25.0 Å². The molecule has 3 aromatic carbocycles. The molecule has 1 aliphatic rings. The maximum atomic E-state index is 13.5. The summed E-state index contributed by atoms with van der Waals surface area (Å²) in [5, 5.41) is 2.82. The van der Waals surface area contributed by atoms with Crippen LogP contribution in [-0.2, 0) is 20.7 Å². The van der Waals surface area contributed by atoms with Crippen molar-refractivity contribution in [3.63, 3.8) is 0 Å². The monoisotopic (exact) mass is 389 g/mol. The molecule has 0 spiro atoms. The van der Waals surface area contributed by atoms with Crippen LogP contribution >= 0.6 is 0 Å². The van der Waals surface area contributed by atoms with Crippen molar-refractivity contribution in [2.75, 3.05) is 7.11 Å². The zero-order valence-electron chi connectivity index (χ0n) is 15.9. The van der Waals surface area contributed by atoms with E-state index in [1.54, 1.807) is 12.1 Å². The molecule has 0 saturated carbocycles. The highest BCUT2D eigenvalue weighted by Crippen LogP contribution is 2.44. The van der Waals surface area contributed by atoms with E-state index in [0.717, 1.165) is 22.3 Å². The Bertz CT molecular complexity index is 1030. The van der Waals surface area contributed by atoms with Crippen molar-refractivity contribution in [2.24, 2.45) is 0 Å². The van der Waals surface area contributed by atoms with E-state index in [0.29, 0.717) is 5.56 Å². The largest absolute Gasteiger partial charge is 0.467 e. The van der Waals surface area contributed by atoms with Gasteiger partial charge in [-0.3, -0.25) is 4.79 Å². The normalized spacial score (nSPS) is 13.3. The zero-order chi connectivity index (χ0) is 20.4. The van der Waals surface area contributed by atoms with Crippen LogP contribution in [0.25, 0.3) is 11.1 Å². The summed E-state index contributed by atoms with van der Waals surface area (Å²) in [6.45, 7) is 0. The van der Waals surface area contributed by atoms with Crippen molar-refractivity contribution >= 4 is 11.9 Å². The predicted molar refractivity (Wildman–Crippen MR) is 108 cm³/mol. The number of amides is 1. The first-order chi connectivity index (χ1) is 14.1. The van der Waals surface area contributed by atoms with Crippen LogP contribution < -0.4 is 5.32 Å². The Morgan fingerprint density at radius 3 is 2.17 bits per heavy atom. The van der Waals surface area contributed by atoms with Crippen molar-refractivity contribution in [3.8, 4) is 11.1 Å². The topological polar surface area (TPSA) is 55.4 Å². The van der Waals surface area contributed by atoms with E-state index < -0.39 is 23.7 Å². The summed E-state index contributed by atoms with van der Waals surface area (Å²) in [5.41, 5.74) is 4.44. The quantitative estimate of drug-likeness (QED) is 0.675. The smallest absolute Gasteiger partial charge is 0.328 e. The Morgan fingerprint density at radius 2 is 1.59 bits per heavy atom. The van der Waals surface area contributed by atoms with E-state index in [9.17, 15) is 14.0 Å². The van der Waals surface area contributed by atoms with Crippen LogP contribution in [0.2, 0.25) is 0 Å². The summed E-state index contributed by atoms with van der Waals surface area (Å²) >= 11 is 0. The number of nitrogens with one attached hydrogen (secondary N) is 1. The fraction of sp³-hybridized carbons (Fsp3) is 0.167. The van der Waals surface area contributed by atoms with Crippen molar-refractivity contribution in [2.45, 2.75) is 18.4 Å². The maximum Gasteiger partial charge on any atom is 0.328 e. The standard InChI is InChI=1S/C24H20FNO3/c1-29-24(28)21(14-15-7-6-8-16(25)13-15)26-23(27)22-19-11-4-2-9-17(19)18-10-3-5-12-20(18)22/h2-13,21-22H,14H2,1H3,(H,26,27)/t21-/m1/s1. The van der Waals surface area contributed by atoms with E-state index >= 15 is 0 Å². The lowest BCUT2D eigenvalue weighted by molar-refractivity contribution is -0.145. The lowest BCUT2D eigenvalue weighted by Crippen LogP contribution is -2.45. The fourth-order valence-electron chi connectivity index (χ4n) is 3.93. The van der Waals surface area contributed by atoms with E-state index in [2.05, 4.69) is 5.32 Å². The van der Waals surface area contributed by atoms with Crippen LogP contribution in [0.3, 0.4) is 0 Å². The second-order valence-corrected chi connectivity index (χ2v) is 7.03. The number of hydrogen-bond acceptors (Lipinski definition) is 3. The number of hydrogen-bond donors (Lipinski definition) is 1. The molecule has 146 valence electrons. The number of halogens is 1. The Morgan fingerprint density at radius 1 is 0.966 bits per heavy atom. The minimum absolute atomic E-state index is 0.145. The Kier molecular flexibility index (Phi) is 5.12. The molecule has 0 heterocycles. The van der Waals surface area contributed by atoms with Gasteiger partial charge in [-0.1, -0.05) is 60.7 Å². The molecule has 4 rings (SSSR count). The molecule has 0 unspecified atom stereocenters. The van der Waals surface area contributed by atoms with E-state index in [4.69, 9.17) is 4.74 Å². The summed E-state index contributed by atoms with van der Waals surface area (Å²) in [5.74, 6) is -1.76. The van der Waals surface area contributed by atoms with Gasteiger partial charge in [-0.15, -0.1) is 0 Å². The van der Waals surface area contributed by atoms with Crippen molar-refractivity contribution < 1.29 is 18.7 Å². The van der Waals surface area contributed by atoms with Crippen molar-refractivity contribution in [3.05, 3.63) is 95.3 Å². The summed E-state index contributed by atoms with van der Waals surface area (Å²) in [4.78, 5) is 25.6. The lowest BCUT2D eigenvalue weighted by atomic mass is 9.95. The summed E-state index contributed by atoms with van der Waals surface area (Å²) in [6.07, 6.45) is 0.145. The highest BCUT2D eigenvalue weighted by atomic mass is 19.1. The van der Waals surface area contributed by atoms with Gasteiger partial charge in [0.25, 0.3) is 0 Å². The van der Waals surface area contributed by atoms with Gasteiger partial charge in [0.1, 0.15) is 11.9 Å². The van der Waals surface area contributed by atoms with Crippen LogP contribution in [0.15, 0.2) is 72.8 Å². The number of fused-ring (bicyclic) bond motifs is 3. The molecule has 4 nitrogen and oxygen atoms in total. The molecule has 3 aromatic rings. The van der Waals surface area contributed by atoms with Crippen LogP contribution in [0.1, 0.15) is 22.6 Å². The van der Waals surface area contributed by atoms with E-state index in [1.807, 2.05) is 48.5 Å². The van der Waals surface area contributed by atoms with Gasteiger partial charge in [-0.25, -0.2) is 9.18 Å². The molecular formula is C24H20FNO3. The van der Waals surface area contributed by atoms with Gasteiger partial charge in [-0.05, 0) is 39.9 Å². The van der Waals surface area contributed by atoms with Crippen LogP contribution in [0.5, 0.6) is 0 Å². The molecule has 0 saturated heterocycles. The van der Waals surface area contributed by atoms with E-state index in [1.165, 1.54) is 19.2 Å². The molecule has 0 aliphatic heterocycles. The highest BCUT2D eigenvalue weighted by Gasteiger charge is 2.35. The highest BCUT2D eigenvalue weighted by molar-refractivity contribution is 5.97. The first-order valence-corrected chi connectivity index (χ1v) is 9.39. The van der Waals surface area contributed by atoms with Crippen LogP contribution in [0, 0.1) is 5.82 Å². The average Bonchev–Trinajstić information content (AvgIpc) is 3.07. The molecule has 0 aromatic heterocycles. The first kappa shape index (κ1) is 18.9. The molecular weight excluding hydrogens is 369 g/mol. The van der Waals surface area contributed by atoms with Crippen LogP contribution in [0.4, 0.5) is 4.39 Å². The third kappa shape index (κ3) is 3.63. The minimum atomic E-state index is -0.908. The third-order valence-electron chi connectivity index (χ3n) is 5.23. The molecule has 1 amide bonds. The summed E-state index contributed by atoms with van der Waals surface area (Å²) in [6, 6.07) is 20.6. The summed E-state index contributed by atoms with van der Waals surface area (Å²) < 4.78 is 18.4. The molecule has 1 N–H and O–H groups in total. The molecule has 0 bridgehead atoms. The SMILES string of the molecule is COC(=O)[C@@H](Cc1cccc(F)c1)NC(=O)C1c2ccccc2-c2ccccc21. The minimum Gasteiger partial charge on any atom is -0.467 e. The molecule has 1 aliphatic carbocycles. The van der Waals surface area contributed by atoms with Gasteiger partial charge in [0.15, 0.2) is 0 Å². The van der Waals surface area contributed by atoms with Gasteiger partial charge >= 0.3 is 5.97 Å². The molecule has 0 fully saturated rings. The van der Waals surface area contributed by atoms with Gasteiger partial charge in [0, 0.05) is 6.42 Å². The molecule has 5 heteroatoms. The Hall–Kier alpha value is -3.47. The van der Waals surface area contributed by atoms with Crippen molar-refractivity contribution in [1.29, 1.82) is 0 Å². The fourth-order valence-corrected chi connectivity index (χ4v) is 3.93. The first-order valence-electron chi connectivity index (χ1n) is 9.39. The number of carbonyl (C=O) groups is 2. The number of rotatable bonds is 5. The zero-order valence-corrected chi connectivity index (χ0v) is 15.9. The van der Waals surface area contributed by atoms with Gasteiger partial charge in [0.05, 0.1) is 13.0 Å². The van der Waals surface area contributed by atoms with E-state index in [-0.39, 0.29) is 12.3 Å². The van der Waals surface area contributed by atoms with Crippen molar-refractivity contribution in [1.82, 2.24) is 5.32 Å². The van der Waals surface area contributed by atoms with Gasteiger partial charge < -0.3 is 10.1 Å². The van der Waals surface area contributed by atoms with Gasteiger partial charge in [-0.2, -0.15) is 0 Å². The number of benzene rings is 3. The lowest BCUT2D eigenvalue weighted by Gasteiger charge is -2.20. The third-order valence-corrected chi connectivity index (χ3v) is 5.23. The average molecular weight is 389 g/mol. The maximum absolute atomic E-state index is 13.5. The Labute approximate surface area is 168 Å². The second-order valence-electron chi connectivity index (χ2n) is 7.03. The number of methoxy groups -OCH3 is 1. The molecule has 1 atom stereocenters.